The molecular weight excluding hydrogens is 220 g/mol. The Morgan fingerprint density at radius 3 is 2.27 bits per heavy atom. The summed E-state index contributed by atoms with van der Waals surface area (Å²) in [5.41, 5.74) is 0. The second kappa shape index (κ2) is 8.09. The van der Waals surface area contributed by atoms with E-state index in [1.807, 2.05) is 6.92 Å². The highest BCUT2D eigenvalue weighted by Gasteiger charge is 2.30. The third kappa shape index (κ3) is 4.96. The molecule has 0 saturated heterocycles. The van der Waals surface area contributed by atoms with Crippen LogP contribution in [0.15, 0.2) is 0 Å². The summed E-state index contributed by atoms with van der Waals surface area (Å²) in [7, 11) is 0. The fourth-order valence-electron chi connectivity index (χ4n) is 1.00. The minimum absolute atomic E-state index is 0.400. The van der Waals surface area contributed by atoms with Crippen molar-refractivity contribution in [1.82, 2.24) is 0 Å². The summed E-state index contributed by atoms with van der Waals surface area (Å²) < 4.78 is 5.16. The van der Waals surface area contributed by atoms with Crippen LogP contribution in [-0.2, 0) is 4.74 Å². The molecule has 0 aliphatic carbocycles. The molecule has 15 heavy (non-hydrogen) atoms. The van der Waals surface area contributed by atoms with Crippen molar-refractivity contribution in [2.75, 3.05) is 13.2 Å². The summed E-state index contributed by atoms with van der Waals surface area (Å²) in [6.45, 7) is 1.67. The third-order valence-corrected chi connectivity index (χ3v) is 2.18. The van der Waals surface area contributed by atoms with Gasteiger partial charge < -0.3 is 25.2 Å². The van der Waals surface area contributed by atoms with Gasteiger partial charge in [0.15, 0.2) is 0 Å². The lowest BCUT2D eigenvalue weighted by molar-refractivity contribution is -0.112. The Balaban J connectivity index is 4.23. The average Bonchev–Trinajstić information content (AvgIpc) is 2.27. The van der Waals surface area contributed by atoms with E-state index in [-0.39, 0.29) is 0 Å². The minimum atomic E-state index is -1.48. The van der Waals surface area contributed by atoms with Gasteiger partial charge in [-0.3, -0.25) is 0 Å². The molecule has 5 nitrogen and oxygen atoms in total. The molecule has 0 rings (SSSR count). The smallest absolute Gasteiger partial charge is 0.114 e. The number of aliphatic hydroxyl groups is 4. The van der Waals surface area contributed by atoms with Crippen LogP contribution in [0.3, 0.4) is 0 Å². The lowest BCUT2D eigenvalue weighted by Crippen LogP contribution is -2.47. The largest absolute Gasteiger partial charge is 0.394 e. The Bertz CT molecular complexity index is 178. The number of ether oxygens (including phenoxy) is 1. The number of hydrogen-bond acceptors (Lipinski definition) is 6. The summed E-state index contributed by atoms with van der Waals surface area (Å²) in [6, 6.07) is 0. The molecule has 0 saturated carbocycles. The summed E-state index contributed by atoms with van der Waals surface area (Å²) >= 11 is 4.64. The molecule has 0 spiro atoms. The first-order chi connectivity index (χ1) is 7.08. The maximum absolute atomic E-state index is 9.56. The van der Waals surface area contributed by atoms with E-state index in [1.54, 1.807) is 0 Å². The molecule has 0 radical (unpaired) electrons. The summed E-state index contributed by atoms with van der Waals surface area (Å²) in [6.07, 6.45) is -4.28. The molecule has 0 aromatic heterocycles. The van der Waals surface area contributed by atoms with Crippen LogP contribution in [0.4, 0.5) is 0 Å². The normalized spacial score (nSPS) is 19.3. The van der Waals surface area contributed by atoms with Crippen molar-refractivity contribution in [2.45, 2.75) is 37.8 Å². The second-order valence-corrected chi connectivity index (χ2v) is 3.47. The second-order valence-electron chi connectivity index (χ2n) is 3.20. The van der Waals surface area contributed by atoms with Crippen molar-refractivity contribution in [3.63, 3.8) is 0 Å². The summed E-state index contributed by atoms with van der Waals surface area (Å²) in [4.78, 5) is 0. The molecule has 0 aliphatic rings. The molecule has 90 valence electrons. The molecule has 4 atom stereocenters. The predicted molar refractivity (Wildman–Crippen MR) is 58.8 cm³/mol. The fourth-order valence-corrected chi connectivity index (χ4v) is 1.24. The van der Waals surface area contributed by atoms with Crippen molar-refractivity contribution in [2.24, 2.45) is 0 Å². The number of hydrogen-bond donors (Lipinski definition) is 4. The van der Waals surface area contributed by atoms with Crippen LogP contribution >= 0.6 is 12.2 Å². The van der Waals surface area contributed by atoms with E-state index in [0.29, 0.717) is 6.61 Å². The first kappa shape index (κ1) is 14.9. The van der Waals surface area contributed by atoms with Gasteiger partial charge in [-0.15, -0.1) is 0 Å². The first-order valence-electron chi connectivity index (χ1n) is 4.80. The van der Waals surface area contributed by atoms with Gasteiger partial charge in [-0.1, -0.05) is 19.1 Å². The summed E-state index contributed by atoms with van der Waals surface area (Å²) in [5.74, 6) is 0. The fraction of sp³-hybridized carbons (Fsp3) is 0.889. The van der Waals surface area contributed by atoms with Gasteiger partial charge in [-0.2, -0.15) is 0 Å². The molecule has 0 aromatic rings. The standard InChI is InChI=1S/C9H18O5S/c1-2-3-14-7(5-15)9(13)8(12)6(11)4-10/h5-13H,2-4H2,1H3/t6-,7+,8-,9-/m1/s1. The van der Waals surface area contributed by atoms with Crippen LogP contribution in [-0.4, -0.2) is 63.4 Å². The maximum Gasteiger partial charge on any atom is 0.114 e. The van der Waals surface area contributed by atoms with Gasteiger partial charge in [0, 0.05) is 12.0 Å². The number of aliphatic hydroxyl groups excluding tert-OH is 4. The molecule has 0 amide bonds. The van der Waals surface area contributed by atoms with Crippen molar-refractivity contribution in [3.8, 4) is 0 Å². The van der Waals surface area contributed by atoms with Crippen molar-refractivity contribution in [3.05, 3.63) is 0 Å². The van der Waals surface area contributed by atoms with Crippen LogP contribution in [0.25, 0.3) is 0 Å². The zero-order chi connectivity index (χ0) is 11.8. The maximum atomic E-state index is 9.56. The van der Waals surface area contributed by atoms with Gasteiger partial charge in [0.25, 0.3) is 0 Å². The highest BCUT2D eigenvalue weighted by molar-refractivity contribution is 7.79. The Hall–Kier alpha value is -0.110. The van der Waals surface area contributed by atoms with Crippen molar-refractivity contribution >= 4 is 17.6 Å². The number of thiocarbonyl (C=S) groups is 1. The SMILES string of the molecule is CCCO[C@@H](C=S)[C@@H](O)[C@H](O)[C@H](O)CO. The van der Waals surface area contributed by atoms with Gasteiger partial charge in [0.2, 0.25) is 0 Å². The molecule has 0 bridgehead atoms. The van der Waals surface area contributed by atoms with E-state index in [1.165, 1.54) is 5.37 Å². The van der Waals surface area contributed by atoms with E-state index >= 15 is 0 Å². The third-order valence-electron chi connectivity index (χ3n) is 1.92. The average molecular weight is 238 g/mol. The van der Waals surface area contributed by atoms with Gasteiger partial charge in [0.05, 0.1) is 6.61 Å². The van der Waals surface area contributed by atoms with Crippen LogP contribution in [0.5, 0.6) is 0 Å². The van der Waals surface area contributed by atoms with Crippen LogP contribution in [0.2, 0.25) is 0 Å². The molecule has 0 aliphatic heterocycles. The first-order valence-corrected chi connectivity index (χ1v) is 5.27. The quantitative estimate of drug-likeness (QED) is 0.400. The topological polar surface area (TPSA) is 90.2 Å². The van der Waals surface area contributed by atoms with Crippen molar-refractivity contribution < 1.29 is 25.2 Å². The lowest BCUT2D eigenvalue weighted by Gasteiger charge is -2.26. The predicted octanol–water partition coefficient (Wildman–Crippen LogP) is -1.14. The minimum Gasteiger partial charge on any atom is -0.394 e. The van der Waals surface area contributed by atoms with Crippen LogP contribution in [0.1, 0.15) is 13.3 Å². The Morgan fingerprint density at radius 1 is 1.27 bits per heavy atom. The molecule has 6 heteroatoms. The molecule has 4 N–H and O–H groups in total. The molecule has 0 aromatic carbocycles. The van der Waals surface area contributed by atoms with E-state index < -0.39 is 31.0 Å². The van der Waals surface area contributed by atoms with Crippen LogP contribution < -0.4 is 0 Å². The summed E-state index contributed by atoms with van der Waals surface area (Å²) in [5, 5.41) is 37.8. The van der Waals surface area contributed by atoms with Gasteiger partial charge in [0.1, 0.15) is 24.4 Å². The monoisotopic (exact) mass is 238 g/mol. The van der Waals surface area contributed by atoms with Gasteiger partial charge in [-0.25, -0.2) is 0 Å². The zero-order valence-corrected chi connectivity index (χ0v) is 9.43. The van der Waals surface area contributed by atoms with Crippen LogP contribution in [0, 0.1) is 0 Å². The van der Waals surface area contributed by atoms with E-state index in [2.05, 4.69) is 12.2 Å². The Morgan fingerprint density at radius 2 is 1.87 bits per heavy atom. The zero-order valence-electron chi connectivity index (χ0n) is 8.61. The Kier molecular flexibility index (Phi) is 8.03. The highest BCUT2D eigenvalue weighted by Crippen LogP contribution is 2.07. The van der Waals surface area contributed by atoms with E-state index in [4.69, 9.17) is 14.9 Å². The Labute approximate surface area is 94.3 Å². The molecule has 0 heterocycles. The van der Waals surface area contributed by atoms with E-state index in [0.717, 1.165) is 6.42 Å². The van der Waals surface area contributed by atoms with Gasteiger partial charge in [-0.05, 0) is 6.42 Å². The molecule has 0 unspecified atom stereocenters. The lowest BCUT2D eigenvalue weighted by atomic mass is 10.0. The molecular formula is C9H18O5S. The van der Waals surface area contributed by atoms with E-state index in [9.17, 15) is 10.2 Å². The van der Waals surface area contributed by atoms with Gasteiger partial charge >= 0.3 is 0 Å². The number of rotatable bonds is 8. The van der Waals surface area contributed by atoms with Crippen molar-refractivity contribution in [1.29, 1.82) is 0 Å². The highest BCUT2D eigenvalue weighted by atomic mass is 32.1. The molecule has 0 fully saturated rings.